The first-order valence-corrected chi connectivity index (χ1v) is 12.2. The van der Waals surface area contributed by atoms with Gasteiger partial charge in [-0.1, -0.05) is 6.92 Å². The number of azo groups is 1. The highest BCUT2D eigenvalue weighted by Crippen LogP contribution is 2.32. The molecule has 0 radical (unpaired) electrons. The number of benzene rings is 1. The molecule has 1 unspecified atom stereocenters. The Labute approximate surface area is 197 Å². The zero-order valence-electron chi connectivity index (χ0n) is 18.9. The van der Waals surface area contributed by atoms with Gasteiger partial charge in [-0.15, -0.1) is 5.11 Å². The van der Waals surface area contributed by atoms with Crippen LogP contribution in [0.2, 0.25) is 0 Å². The lowest BCUT2D eigenvalue weighted by atomic mass is 10.0. The standard InChI is InChI=1S/C23H28N8OS/c1-3-22(32)24-16-5-7-18(8-6-16)33-23-26-19(25-20-11-15(2)28-29-20)12-21(27-23)31-13-17(14-31)30-9-4-10-30/h5-8,11-12,15,17H,3-4,9-10,13-14H2,1-2H3,(H,24,32)(H,25,26,27). The first-order chi connectivity index (χ1) is 16.1. The summed E-state index contributed by atoms with van der Waals surface area (Å²) in [6, 6.07) is 10.4. The number of carbonyl (C=O) groups is 1. The lowest BCUT2D eigenvalue weighted by molar-refractivity contribution is -0.115. The molecule has 3 aliphatic heterocycles. The van der Waals surface area contributed by atoms with Crippen LogP contribution in [0.15, 0.2) is 62.5 Å². The number of hydrogen-bond donors (Lipinski definition) is 2. The molecule has 2 fully saturated rings. The Hall–Kier alpha value is -2.98. The van der Waals surface area contributed by atoms with E-state index in [2.05, 4.69) is 30.7 Å². The number of nitrogens with one attached hydrogen (secondary N) is 2. The molecular formula is C23H28N8OS. The van der Waals surface area contributed by atoms with Crippen LogP contribution in [0, 0.1) is 0 Å². The summed E-state index contributed by atoms with van der Waals surface area (Å²) >= 11 is 1.50. The van der Waals surface area contributed by atoms with E-state index in [0.717, 1.165) is 29.5 Å². The molecule has 2 aromatic rings. The van der Waals surface area contributed by atoms with Crippen LogP contribution in [0.1, 0.15) is 26.7 Å². The van der Waals surface area contributed by atoms with E-state index < -0.39 is 0 Å². The molecule has 9 nitrogen and oxygen atoms in total. The predicted octanol–water partition coefficient (Wildman–Crippen LogP) is 3.98. The van der Waals surface area contributed by atoms with Crippen molar-refractivity contribution in [2.45, 2.75) is 48.8 Å². The summed E-state index contributed by atoms with van der Waals surface area (Å²) in [4.78, 5) is 27.0. The van der Waals surface area contributed by atoms with Crippen LogP contribution in [0.25, 0.3) is 0 Å². The molecule has 1 amide bonds. The number of anilines is 3. The van der Waals surface area contributed by atoms with Gasteiger partial charge >= 0.3 is 0 Å². The summed E-state index contributed by atoms with van der Waals surface area (Å²) in [5.41, 5.74) is 0.786. The van der Waals surface area contributed by atoms with E-state index in [1.165, 1.54) is 31.3 Å². The van der Waals surface area contributed by atoms with E-state index in [-0.39, 0.29) is 11.9 Å². The van der Waals surface area contributed by atoms with Gasteiger partial charge in [-0.05, 0) is 68.5 Å². The number of hydrogen-bond acceptors (Lipinski definition) is 9. The fourth-order valence-electron chi connectivity index (χ4n) is 3.87. The van der Waals surface area contributed by atoms with Gasteiger partial charge in [0.25, 0.3) is 0 Å². The van der Waals surface area contributed by atoms with E-state index in [0.29, 0.717) is 29.3 Å². The van der Waals surface area contributed by atoms with Crippen LogP contribution in [0.3, 0.4) is 0 Å². The second-order valence-electron chi connectivity index (χ2n) is 8.50. The highest BCUT2D eigenvalue weighted by molar-refractivity contribution is 7.99. The molecule has 2 saturated heterocycles. The van der Waals surface area contributed by atoms with Crippen molar-refractivity contribution in [3.05, 3.63) is 42.2 Å². The van der Waals surface area contributed by atoms with Crippen molar-refractivity contribution < 1.29 is 4.79 Å². The summed E-state index contributed by atoms with van der Waals surface area (Å²) in [5.74, 6) is 2.34. The molecule has 1 aromatic carbocycles. The van der Waals surface area contributed by atoms with E-state index in [1.54, 1.807) is 0 Å². The quantitative estimate of drug-likeness (QED) is 0.570. The maximum Gasteiger partial charge on any atom is 0.224 e. The Bertz CT molecular complexity index is 1080. The predicted molar refractivity (Wildman–Crippen MR) is 130 cm³/mol. The Morgan fingerprint density at radius 1 is 1.18 bits per heavy atom. The molecule has 2 N–H and O–H groups in total. The van der Waals surface area contributed by atoms with Gasteiger partial charge in [-0.2, -0.15) is 5.11 Å². The third-order valence-electron chi connectivity index (χ3n) is 5.96. The second-order valence-corrected chi connectivity index (χ2v) is 9.54. The Balaban J connectivity index is 1.33. The van der Waals surface area contributed by atoms with Crippen molar-refractivity contribution in [3.63, 3.8) is 0 Å². The molecule has 5 rings (SSSR count). The molecule has 0 aliphatic carbocycles. The van der Waals surface area contributed by atoms with E-state index in [9.17, 15) is 4.79 Å². The summed E-state index contributed by atoms with van der Waals surface area (Å²) in [7, 11) is 0. The van der Waals surface area contributed by atoms with Gasteiger partial charge in [0.2, 0.25) is 5.91 Å². The zero-order valence-corrected chi connectivity index (χ0v) is 19.7. The average molecular weight is 465 g/mol. The molecule has 33 heavy (non-hydrogen) atoms. The lowest BCUT2D eigenvalue weighted by Crippen LogP contribution is -2.63. The number of rotatable bonds is 8. The van der Waals surface area contributed by atoms with Crippen molar-refractivity contribution in [1.29, 1.82) is 0 Å². The molecule has 0 saturated carbocycles. The summed E-state index contributed by atoms with van der Waals surface area (Å²) in [5, 5.41) is 15.1. The normalized spacial score (nSPS) is 20.2. The van der Waals surface area contributed by atoms with Crippen LogP contribution in [0.4, 0.5) is 17.3 Å². The van der Waals surface area contributed by atoms with Crippen LogP contribution in [-0.4, -0.2) is 59.0 Å². The number of carbonyl (C=O) groups excluding carboxylic acids is 1. The molecule has 3 aliphatic rings. The van der Waals surface area contributed by atoms with E-state index in [4.69, 9.17) is 9.97 Å². The fraction of sp³-hybridized carbons (Fsp3) is 0.435. The van der Waals surface area contributed by atoms with Gasteiger partial charge in [0, 0.05) is 42.2 Å². The topological polar surface area (TPSA) is 98.1 Å². The molecular weight excluding hydrogens is 436 g/mol. The molecule has 172 valence electrons. The van der Waals surface area contributed by atoms with Crippen molar-refractivity contribution >= 4 is 35.0 Å². The molecule has 0 spiro atoms. The zero-order chi connectivity index (χ0) is 22.8. The molecule has 1 atom stereocenters. The van der Waals surface area contributed by atoms with Gasteiger partial charge in [-0.3, -0.25) is 9.69 Å². The van der Waals surface area contributed by atoms with Crippen LogP contribution in [0.5, 0.6) is 0 Å². The maximum atomic E-state index is 11.6. The summed E-state index contributed by atoms with van der Waals surface area (Å²) in [6.45, 7) is 8.23. The van der Waals surface area contributed by atoms with Gasteiger partial charge in [0.15, 0.2) is 11.0 Å². The van der Waals surface area contributed by atoms with Crippen LogP contribution < -0.4 is 15.5 Å². The third-order valence-corrected chi connectivity index (χ3v) is 6.83. The Morgan fingerprint density at radius 2 is 1.97 bits per heavy atom. The first-order valence-electron chi connectivity index (χ1n) is 11.4. The molecule has 0 bridgehead atoms. The summed E-state index contributed by atoms with van der Waals surface area (Å²) < 4.78 is 0. The van der Waals surface area contributed by atoms with Crippen molar-refractivity contribution in [2.75, 3.05) is 41.7 Å². The minimum atomic E-state index is 0.000850. The highest BCUT2D eigenvalue weighted by Gasteiger charge is 2.35. The average Bonchev–Trinajstić information content (AvgIpc) is 3.14. The molecule has 10 heteroatoms. The van der Waals surface area contributed by atoms with E-state index in [1.807, 2.05) is 50.3 Å². The number of nitrogens with zero attached hydrogens (tertiary/aromatic N) is 6. The smallest absolute Gasteiger partial charge is 0.224 e. The van der Waals surface area contributed by atoms with Gasteiger partial charge in [0.1, 0.15) is 11.6 Å². The van der Waals surface area contributed by atoms with Crippen molar-refractivity contribution in [3.8, 4) is 0 Å². The minimum Gasteiger partial charge on any atom is -0.353 e. The Morgan fingerprint density at radius 3 is 2.61 bits per heavy atom. The molecule has 4 heterocycles. The minimum absolute atomic E-state index is 0.000850. The second kappa shape index (κ2) is 9.48. The van der Waals surface area contributed by atoms with Gasteiger partial charge in [-0.25, -0.2) is 9.97 Å². The van der Waals surface area contributed by atoms with Crippen LogP contribution in [-0.2, 0) is 4.79 Å². The third kappa shape index (κ3) is 5.17. The first kappa shape index (κ1) is 21.8. The van der Waals surface area contributed by atoms with Gasteiger partial charge in [0.05, 0.1) is 6.04 Å². The number of amides is 1. The lowest BCUT2D eigenvalue weighted by Gasteiger charge is -2.49. The largest absolute Gasteiger partial charge is 0.353 e. The van der Waals surface area contributed by atoms with Gasteiger partial charge < -0.3 is 15.5 Å². The number of likely N-dealkylation sites (tertiary alicyclic amines) is 1. The number of aromatic nitrogens is 2. The fourth-order valence-corrected chi connectivity index (χ4v) is 4.64. The van der Waals surface area contributed by atoms with Crippen molar-refractivity contribution in [2.24, 2.45) is 10.2 Å². The monoisotopic (exact) mass is 464 g/mol. The highest BCUT2D eigenvalue weighted by atomic mass is 32.2. The molecule has 1 aromatic heterocycles. The van der Waals surface area contributed by atoms with E-state index >= 15 is 0 Å². The SMILES string of the molecule is CCC(=O)Nc1ccc(Sc2nc(NC3=CC(C)N=N3)cc(N3CC(N4CCC4)C3)n2)cc1. The van der Waals surface area contributed by atoms with Crippen LogP contribution >= 0.6 is 11.8 Å². The summed E-state index contributed by atoms with van der Waals surface area (Å²) in [6.07, 6.45) is 3.74. The Kier molecular flexibility index (Phi) is 6.28. The maximum absolute atomic E-state index is 11.6. The van der Waals surface area contributed by atoms with Crippen molar-refractivity contribution in [1.82, 2.24) is 14.9 Å².